The zero-order valence-electron chi connectivity index (χ0n) is 7.63. The van der Waals surface area contributed by atoms with Crippen molar-refractivity contribution < 1.29 is 0 Å². The lowest BCUT2D eigenvalue weighted by molar-refractivity contribution is 0.241. The second-order valence-electron chi connectivity index (χ2n) is 2.74. The number of hydrogen-bond acceptors (Lipinski definition) is 4. The number of nitrogens with two attached hydrogens (primary N) is 1. The fourth-order valence-electron chi connectivity index (χ4n) is 0.860. The summed E-state index contributed by atoms with van der Waals surface area (Å²) in [5.74, 6) is 1.17. The van der Waals surface area contributed by atoms with Gasteiger partial charge in [-0.2, -0.15) is 11.8 Å². The molecule has 3 N–H and O–H groups in total. The Morgan fingerprint density at radius 3 is 2.55 bits per heavy atom. The number of nitrogens with zero attached hydrogens (tertiary/aromatic N) is 1. The van der Waals surface area contributed by atoms with E-state index in [-0.39, 0.29) is 0 Å². The molecule has 1 unspecified atom stereocenters. The van der Waals surface area contributed by atoms with Crippen LogP contribution in [0.15, 0.2) is 0 Å². The SMILES string of the molecule is CSCCC(CN)NN(C)C. The normalized spacial score (nSPS) is 13.9. The van der Waals surface area contributed by atoms with Gasteiger partial charge in [-0.05, 0) is 18.4 Å². The fraction of sp³-hybridized carbons (Fsp3) is 1.00. The highest BCUT2D eigenvalue weighted by atomic mass is 32.2. The van der Waals surface area contributed by atoms with Gasteiger partial charge in [0, 0.05) is 26.7 Å². The molecule has 0 aliphatic rings. The Balaban J connectivity index is 3.41. The van der Waals surface area contributed by atoms with Crippen LogP contribution in [0, 0.1) is 0 Å². The summed E-state index contributed by atoms with van der Waals surface area (Å²) < 4.78 is 0. The lowest BCUT2D eigenvalue weighted by atomic mass is 10.2. The Labute approximate surface area is 73.7 Å². The molecule has 0 saturated heterocycles. The average molecular weight is 177 g/mol. The van der Waals surface area contributed by atoms with E-state index in [2.05, 4.69) is 11.7 Å². The van der Waals surface area contributed by atoms with Gasteiger partial charge in [-0.15, -0.1) is 0 Å². The lowest BCUT2D eigenvalue weighted by Gasteiger charge is -2.20. The summed E-state index contributed by atoms with van der Waals surface area (Å²) in [4.78, 5) is 0. The van der Waals surface area contributed by atoms with E-state index >= 15 is 0 Å². The number of nitrogens with one attached hydrogen (secondary N) is 1. The number of hydrazine groups is 1. The zero-order valence-corrected chi connectivity index (χ0v) is 8.45. The molecule has 0 spiro atoms. The largest absolute Gasteiger partial charge is 0.329 e. The van der Waals surface area contributed by atoms with Gasteiger partial charge < -0.3 is 5.73 Å². The summed E-state index contributed by atoms with van der Waals surface area (Å²) in [5.41, 5.74) is 8.82. The van der Waals surface area contributed by atoms with E-state index in [4.69, 9.17) is 5.73 Å². The smallest absolute Gasteiger partial charge is 0.0345 e. The van der Waals surface area contributed by atoms with Gasteiger partial charge in [0.05, 0.1) is 0 Å². The summed E-state index contributed by atoms with van der Waals surface area (Å²) >= 11 is 1.86. The van der Waals surface area contributed by atoms with E-state index in [9.17, 15) is 0 Å². The summed E-state index contributed by atoms with van der Waals surface area (Å²) in [5, 5.41) is 1.96. The first kappa shape index (κ1) is 11.2. The molecule has 0 radical (unpaired) electrons. The molecule has 68 valence electrons. The van der Waals surface area contributed by atoms with Crippen molar-refractivity contribution in [2.75, 3.05) is 32.6 Å². The minimum absolute atomic E-state index is 0.428. The molecule has 1 atom stereocenters. The second-order valence-corrected chi connectivity index (χ2v) is 3.72. The highest BCUT2D eigenvalue weighted by Crippen LogP contribution is 1.99. The third-order valence-corrected chi connectivity index (χ3v) is 2.04. The number of thioether (sulfide) groups is 1. The van der Waals surface area contributed by atoms with Crippen molar-refractivity contribution in [2.45, 2.75) is 12.5 Å². The van der Waals surface area contributed by atoms with Crippen molar-refractivity contribution in [3.05, 3.63) is 0 Å². The highest BCUT2D eigenvalue weighted by molar-refractivity contribution is 7.98. The molecule has 0 amide bonds. The minimum Gasteiger partial charge on any atom is -0.329 e. The summed E-state index contributed by atoms with van der Waals surface area (Å²) in [6.45, 7) is 0.707. The Bertz CT molecular complexity index is 87.8. The molecule has 0 aliphatic carbocycles. The van der Waals surface area contributed by atoms with Crippen LogP contribution in [0.1, 0.15) is 6.42 Å². The highest BCUT2D eigenvalue weighted by Gasteiger charge is 2.04. The third kappa shape index (κ3) is 6.62. The molecule has 3 nitrogen and oxygen atoms in total. The van der Waals surface area contributed by atoms with Crippen molar-refractivity contribution in [2.24, 2.45) is 5.73 Å². The topological polar surface area (TPSA) is 41.3 Å². The molecule has 0 saturated carbocycles. The zero-order chi connectivity index (χ0) is 8.69. The Hall–Kier alpha value is 0.230. The first-order chi connectivity index (χ1) is 5.20. The average Bonchev–Trinajstić information content (AvgIpc) is 1.97. The molecule has 11 heavy (non-hydrogen) atoms. The molecule has 0 heterocycles. The van der Waals surface area contributed by atoms with Crippen molar-refractivity contribution in [3.8, 4) is 0 Å². The van der Waals surface area contributed by atoms with Gasteiger partial charge in [0.2, 0.25) is 0 Å². The molecule has 0 aromatic carbocycles. The van der Waals surface area contributed by atoms with Crippen LogP contribution < -0.4 is 11.2 Å². The molecule has 0 aromatic heterocycles. The van der Waals surface area contributed by atoms with Crippen molar-refractivity contribution >= 4 is 11.8 Å². The van der Waals surface area contributed by atoms with Crippen LogP contribution in [0.5, 0.6) is 0 Å². The summed E-state index contributed by atoms with van der Waals surface area (Å²) in [6.07, 6.45) is 3.25. The molecule has 0 aromatic rings. The molecular weight excluding hydrogens is 158 g/mol. The Morgan fingerprint density at radius 2 is 2.18 bits per heavy atom. The van der Waals surface area contributed by atoms with Crippen LogP contribution in [-0.4, -0.2) is 43.7 Å². The van der Waals surface area contributed by atoms with Gasteiger partial charge in [0.25, 0.3) is 0 Å². The molecule has 0 rings (SSSR count). The van der Waals surface area contributed by atoms with Crippen LogP contribution in [0.25, 0.3) is 0 Å². The van der Waals surface area contributed by atoms with Crippen molar-refractivity contribution in [3.63, 3.8) is 0 Å². The van der Waals surface area contributed by atoms with Gasteiger partial charge >= 0.3 is 0 Å². The molecule has 0 bridgehead atoms. The van der Waals surface area contributed by atoms with Crippen LogP contribution in [-0.2, 0) is 0 Å². The van der Waals surface area contributed by atoms with E-state index in [1.54, 1.807) is 0 Å². The Kier molecular flexibility index (Phi) is 7.06. The molecular formula is C7H19N3S. The van der Waals surface area contributed by atoms with Crippen LogP contribution >= 0.6 is 11.8 Å². The van der Waals surface area contributed by atoms with Crippen LogP contribution in [0.4, 0.5) is 0 Å². The van der Waals surface area contributed by atoms with Gasteiger partial charge in [-0.3, -0.25) is 10.4 Å². The number of hydrogen-bond donors (Lipinski definition) is 2. The predicted molar refractivity (Wildman–Crippen MR) is 52.7 cm³/mol. The fourth-order valence-corrected chi connectivity index (χ4v) is 1.38. The van der Waals surface area contributed by atoms with E-state index in [0.29, 0.717) is 12.6 Å². The quantitative estimate of drug-likeness (QED) is 0.566. The van der Waals surface area contributed by atoms with E-state index in [0.717, 1.165) is 6.42 Å². The van der Waals surface area contributed by atoms with Crippen LogP contribution in [0.3, 0.4) is 0 Å². The lowest BCUT2D eigenvalue weighted by Crippen LogP contribution is -2.44. The van der Waals surface area contributed by atoms with Gasteiger partial charge in [0.15, 0.2) is 0 Å². The maximum absolute atomic E-state index is 5.56. The van der Waals surface area contributed by atoms with Crippen molar-refractivity contribution in [1.82, 2.24) is 10.4 Å². The first-order valence-electron chi connectivity index (χ1n) is 3.83. The minimum atomic E-state index is 0.428. The maximum atomic E-state index is 5.56. The van der Waals surface area contributed by atoms with E-state index in [1.165, 1.54) is 5.75 Å². The van der Waals surface area contributed by atoms with Gasteiger partial charge in [0.1, 0.15) is 0 Å². The van der Waals surface area contributed by atoms with E-state index in [1.807, 2.05) is 30.9 Å². The van der Waals surface area contributed by atoms with Gasteiger partial charge in [-0.25, -0.2) is 0 Å². The second kappa shape index (κ2) is 6.91. The monoisotopic (exact) mass is 177 g/mol. The third-order valence-electron chi connectivity index (χ3n) is 1.40. The van der Waals surface area contributed by atoms with Crippen LogP contribution in [0.2, 0.25) is 0 Å². The maximum Gasteiger partial charge on any atom is 0.0345 e. The van der Waals surface area contributed by atoms with Gasteiger partial charge in [-0.1, -0.05) is 0 Å². The number of rotatable bonds is 6. The van der Waals surface area contributed by atoms with E-state index < -0.39 is 0 Å². The molecule has 0 aliphatic heterocycles. The predicted octanol–water partition coefficient (Wildman–Crippen LogP) is 0.133. The standard InChI is InChI=1S/C7H19N3S/c1-10(2)9-7(6-8)4-5-11-3/h7,9H,4-6,8H2,1-3H3. The molecule has 0 fully saturated rings. The van der Waals surface area contributed by atoms with Crippen molar-refractivity contribution in [1.29, 1.82) is 0 Å². The summed E-state index contributed by atoms with van der Waals surface area (Å²) in [6, 6.07) is 0.428. The summed E-state index contributed by atoms with van der Waals surface area (Å²) in [7, 11) is 3.98. The first-order valence-corrected chi connectivity index (χ1v) is 5.22. The molecule has 4 heteroatoms. The Morgan fingerprint density at radius 1 is 1.55 bits per heavy atom.